The van der Waals surface area contributed by atoms with Gasteiger partial charge >= 0.3 is 0 Å². The van der Waals surface area contributed by atoms with E-state index in [1.54, 1.807) is 11.8 Å². The molecule has 3 rings (SSSR count). The van der Waals surface area contributed by atoms with Gasteiger partial charge in [-0.1, -0.05) is 6.07 Å². The summed E-state index contributed by atoms with van der Waals surface area (Å²) >= 11 is 1.68. The molecule has 0 aliphatic heterocycles. The zero-order chi connectivity index (χ0) is 12.5. The van der Waals surface area contributed by atoms with E-state index < -0.39 is 0 Å². The first-order valence-corrected chi connectivity index (χ1v) is 7.69. The second kappa shape index (κ2) is 4.96. The average molecular weight is 261 g/mol. The summed E-state index contributed by atoms with van der Waals surface area (Å²) in [6.45, 7) is 2.00. The van der Waals surface area contributed by atoms with Gasteiger partial charge in [0.15, 0.2) is 0 Å². The monoisotopic (exact) mass is 261 g/mol. The van der Waals surface area contributed by atoms with Crippen LogP contribution in [0.1, 0.15) is 37.3 Å². The first-order valence-electron chi connectivity index (χ1n) is 6.81. The van der Waals surface area contributed by atoms with E-state index >= 15 is 0 Å². The second-order valence-electron chi connectivity index (χ2n) is 5.33. The normalized spacial score (nSPS) is 19.4. The molecule has 1 N–H and O–H groups in total. The lowest BCUT2D eigenvalue weighted by atomic mass is 10.1. The number of aryl methyl sites for hydroxylation is 2. The maximum atomic E-state index is 11.9. The Kier molecular flexibility index (Phi) is 3.33. The van der Waals surface area contributed by atoms with Gasteiger partial charge in [0.05, 0.1) is 5.25 Å². The molecule has 1 atom stereocenters. The SMILES string of the molecule is C[C@@H](Sc1ccc2c(c1)CCC2)C(=O)NC1CC1. The fourth-order valence-electron chi connectivity index (χ4n) is 2.43. The van der Waals surface area contributed by atoms with Crippen molar-refractivity contribution in [1.29, 1.82) is 0 Å². The smallest absolute Gasteiger partial charge is 0.233 e. The highest BCUT2D eigenvalue weighted by atomic mass is 32.2. The second-order valence-corrected chi connectivity index (χ2v) is 6.74. The number of carbonyl (C=O) groups excluding carboxylic acids is 1. The predicted molar refractivity (Wildman–Crippen MR) is 75.0 cm³/mol. The number of hydrogen-bond donors (Lipinski definition) is 1. The molecular weight excluding hydrogens is 242 g/mol. The van der Waals surface area contributed by atoms with Gasteiger partial charge in [-0.2, -0.15) is 0 Å². The largest absolute Gasteiger partial charge is 0.352 e. The summed E-state index contributed by atoms with van der Waals surface area (Å²) in [6, 6.07) is 7.13. The summed E-state index contributed by atoms with van der Waals surface area (Å²) in [5.74, 6) is 0.183. The Hall–Kier alpha value is -0.960. The predicted octanol–water partition coefficient (Wildman–Crippen LogP) is 2.93. The Morgan fingerprint density at radius 1 is 1.33 bits per heavy atom. The van der Waals surface area contributed by atoms with Crippen molar-refractivity contribution >= 4 is 17.7 Å². The zero-order valence-corrected chi connectivity index (χ0v) is 11.6. The molecule has 0 heterocycles. The molecule has 0 unspecified atom stereocenters. The van der Waals surface area contributed by atoms with Gasteiger partial charge in [-0.05, 0) is 62.3 Å². The third-order valence-electron chi connectivity index (χ3n) is 3.68. The number of amides is 1. The minimum absolute atomic E-state index is 0.00468. The standard InChI is InChI=1S/C15H19NOS/c1-10(15(17)16-13-6-7-13)18-14-8-5-11-3-2-4-12(11)9-14/h5,8-10,13H,2-4,6-7H2,1H3,(H,16,17)/t10-/m1/s1. The number of carbonyl (C=O) groups is 1. The van der Waals surface area contributed by atoms with Crippen molar-refractivity contribution in [1.82, 2.24) is 5.32 Å². The molecule has 2 aliphatic carbocycles. The van der Waals surface area contributed by atoms with E-state index in [2.05, 4.69) is 23.5 Å². The van der Waals surface area contributed by atoms with E-state index in [1.165, 1.54) is 35.3 Å². The lowest BCUT2D eigenvalue weighted by Crippen LogP contribution is -2.32. The quantitative estimate of drug-likeness (QED) is 0.844. The molecule has 3 heteroatoms. The van der Waals surface area contributed by atoms with E-state index in [4.69, 9.17) is 0 Å². The number of nitrogens with one attached hydrogen (secondary N) is 1. The van der Waals surface area contributed by atoms with Gasteiger partial charge in [0.1, 0.15) is 0 Å². The highest BCUT2D eigenvalue weighted by Crippen LogP contribution is 2.30. The molecule has 0 bridgehead atoms. The fourth-order valence-corrected chi connectivity index (χ4v) is 3.37. The first kappa shape index (κ1) is 12.1. The van der Waals surface area contributed by atoms with Crippen molar-refractivity contribution in [2.45, 2.75) is 55.2 Å². The van der Waals surface area contributed by atoms with E-state index in [1.807, 2.05) is 6.92 Å². The van der Waals surface area contributed by atoms with Crippen LogP contribution in [0.25, 0.3) is 0 Å². The van der Waals surface area contributed by atoms with Crippen LogP contribution in [-0.2, 0) is 17.6 Å². The van der Waals surface area contributed by atoms with Gasteiger partial charge in [-0.15, -0.1) is 11.8 Å². The summed E-state index contributed by atoms with van der Waals surface area (Å²) in [7, 11) is 0. The Morgan fingerprint density at radius 3 is 2.89 bits per heavy atom. The van der Waals surface area contributed by atoms with Crippen molar-refractivity contribution in [2.75, 3.05) is 0 Å². The lowest BCUT2D eigenvalue weighted by Gasteiger charge is -2.12. The van der Waals surface area contributed by atoms with Crippen molar-refractivity contribution in [3.8, 4) is 0 Å². The van der Waals surface area contributed by atoms with Crippen molar-refractivity contribution in [3.05, 3.63) is 29.3 Å². The van der Waals surface area contributed by atoms with Gasteiger partial charge in [0, 0.05) is 10.9 Å². The number of hydrogen-bond acceptors (Lipinski definition) is 2. The zero-order valence-electron chi connectivity index (χ0n) is 10.7. The third kappa shape index (κ3) is 2.72. The van der Waals surface area contributed by atoms with Crippen LogP contribution in [0.5, 0.6) is 0 Å². The molecule has 0 aromatic heterocycles. The van der Waals surface area contributed by atoms with Gasteiger partial charge in [-0.3, -0.25) is 4.79 Å². The number of thioether (sulfide) groups is 1. The maximum absolute atomic E-state index is 11.9. The lowest BCUT2D eigenvalue weighted by molar-refractivity contribution is -0.120. The molecule has 18 heavy (non-hydrogen) atoms. The summed E-state index contributed by atoms with van der Waals surface area (Å²) in [5, 5.41) is 3.07. The van der Waals surface area contributed by atoms with Gasteiger partial charge in [0.2, 0.25) is 5.91 Å². The summed E-state index contributed by atoms with van der Waals surface area (Å²) in [4.78, 5) is 13.1. The van der Waals surface area contributed by atoms with E-state index in [0.717, 1.165) is 12.8 Å². The van der Waals surface area contributed by atoms with Crippen LogP contribution in [0.3, 0.4) is 0 Å². The van der Waals surface area contributed by atoms with Crippen LogP contribution in [0.4, 0.5) is 0 Å². The molecule has 0 radical (unpaired) electrons. The Bertz CT molecular complexity index is 468. The van der Waals surface area contributed by atoms with Gasteiger partial charge in [-0.25, -0.2) is 0 Å². The molecule has 1 amide bonds. The van der Waals surface area contributed by atoms with Crippen molar-refractivity contribution < 1.29 is 4.79 Å². The molecule has 1 aromatic carbocycles. The Morgan fingerprint density at radius 2 is 2.11 bits per heavy atom. The molecule has 0 saturated heterocycles. The van der Waals surface area contributed by atoms with Crippen molar-refractivity contribution in [2.24, 2.45) is 0 Å². The minimum Gasteiger partial charge on any atom is -0.352 e. The van der Waals surface area contributed by atoms with Crippen LogP contribution in [0.2, 0.25) is 0 Å². The van der Waals surface area contributed by atoms with E-state index in [0.29, 0.717) is 6.04 Å². The molecule has 1 fully saturated rings. The van der Waals surface area contributed by atoms with Gasteiger partial charge < -0.3 is 5.32 Å². The van der Waals surface area contributed by atoms with Crippen LogP contribution in [0.15, 0.2) is 23.1 Å². The van der Waals surface area contributed by atoms with Crippen LogP contribution < -0.4 is 5.32 Å². The van der Waals surface area contributed by atoms with Crippen LogP contribution in [-0.4, -0.2) is 17.2 Å². The van der Waals surface area contributed by atoms with E-state index in [9.17, 15) is 4.79 Å². The molecule has 2 nitrogen and oxygen atoms in total. The highest BCUT2D eigenvalue weighted by molar-refractivity contribution is 8.00. The molecule has 1 saturated carbocycles. The minimum atomic E-state index is 0.00468. The number of rotatable bonds is 4. The highest BCUT2D eigenvalue weighted by Gasteiger charge is 2.26. The number of fused-ring (bicyclic) bond motifs is 1. The fraction of sp³-hybridized carbons (Fsp3) is 0.533. The summed E-state index contributed by atoms with van der Waals surface area (Å²) in [5.41, 5.74) is 2.98. The first-order chi connectivity index (χ1) is 8.72. The molecule has 96 valence electrons. The van der Waals surface area contributed by atoms with Crippen LogP contribution in [0, 0.1) is 0 Å². The van der Waals surface area contributed by atoms with E-state index in [-0.39, 0.29) is 11.2 Å². The molecule has 0 spiro atoms. The molecular formula is C15H19NOS. The molecule has 1 aromatic rings. The Labute approximate surface area is 113 Å². The van der Waals surface area contributed by atoms with Crippen LogP contribution >= 0.6 is 11.8 Å². The summed E-state index contributed by atoms with van der Waals surface area (Å²) in [6.07, 6.45) is 6.01. The summed E-state index contributed by atoms with van der Waals surface area (Å²) < 4.78 is 0. The Balaban J connectivity index is 1.62. The maximum Gasteiger partial charge on any atom is 0.233 e. The topological polar surface area (TPSA) is 29.1 Å². The third-order valence-corrected chi connectivity index (χ3v) is 4.77. The van der Waals surface area contributed by atoms with Gasteiger partial charge in [0.25, 0.3) is 0 Å². The van der Waals surface area contributed by atoms with Crippen molar-refractivity contribution in [3.63, 3.8) is 0 Å². The average Bonchev–Trinajstić information content (AvgIpc) is 3.05. The number of benzene rings is 1. The molecule has 2 aliphatic rings.